The Morgan fingerprint density at radius 3 is 2.20 bits per heavy atom. The largest absolute Gasteiger partial charge is 0.444 e. The number of fused-ring (bicyclic) bond motifs is 1. The van der Waals surface area contributed by atoms with Gasteiger partial charge < -0.3 is 14.8 Å². The minimum absolute atomic E-state index is 0.189. The number of amides is 1. The third-order valence-corrected chi connectivity index (χ3v) is 9.19. The van der Waals surface area contributed by atoms with Gasteiger partial charge in [-0.15, -0.1) is 0 Å². The number of nitrogens with one attached hydrogen (secondary N) is 1. The molecule has 1 aliphatic heterocycles. The zero-order chi connectivity index (χ0) is 32.8. The Kier molecular flexibility index (Phi) is 8.16. The van der Waals surface area contributed by atoms with Gasteiger partial charge in [-0.05, 0) is 73.0 Å². The summed E-state index contributed by atoms with van der Waals surface area (Å²) in [6.07, 6.45) is -10.4. The lowest BCUT2D eigenvalue weighted by Gasteiger charge is -2.39. The van der Waals surface area contributed by atoms with Crippen molar-refractivity contribution in [2.45, 2.75) is 48.2 Å². The van der Waals surface area contributed by atoms with Crippen molar-refractivity contribution in [3.63, 3.8) is 0 Å². The molecule has 0 unspecified atom stereocenters. The van der Waals surface area contributed by atoms with Crippen LogP contribution in [0.2, 0.25) is 0 Å². The maximum atomic E-state index is 13.8. The van der Waals surface area contributed by atoms with Crippen LogP contribution >= 0.6 is 0 Å². The second kappa shape index (κ2) is 11.5. The van der Waals surface area contributed by atoms with E-state index in [1.165, 1.54) is 12.6 Å². The first-order valence-corrected chi connectivity index (χ1v) is 14.5. The van der Waals surface area contributed by atoms with Crippen LogP contribution in [-0.2, 0) is 26.8 Å². The molecule has 2 heterocycles. The van der Waals surface area contributed by atoms with Gasteiger partial charge in [0.15, 0.2) is 12.2 Å². The number of oxazole rings is 1. The van der Waals surface area contributed by atoms with Gasteiger partial charge >= 0.3 is 12.4 Å². The quantitative estimate of drug-likeness (QED) is 0.225. The molecule has 0 radical (unpaired) electrons. The van der Waals surface area contributed by atoms with E-state index in [1.807, 2.05) is 0 Å². The first kappa shape index (κ1) is 32.0. The lowest BCUT2D eigenvalue weighted by Crippen LogP contribution is -2.54. The van der Waals surface area contributed by atoms with Crippen molar-refractivity contribution in [1.29, 1.82) is 0 Å². The Labute approximate surface area is 251 Å². The lowest BCUT2D eigenvalue weighted by molar-refractivity contribution is -0.376. The van der Waals surface area contributed by atoms with Crippen LogP contribution in [0, 0.1) is 5.82 Å². The number of aliphatic hydroxyl groups is 1. The van der Waals surface area contributed by atoms with Crippen molar-refractivity contribution in [3.8, 4) is 11.3 Å². The molecule has 1 aromatic heterocycles. The standard InChI is InChI=1S/C29H22F7N3O5S/c30-20-5-10-23(11-6-20)45(42,43)39-22(14-26(40)38-21-7-1-17(2-8-21)25-15-37-16-44-25)9-3-18-13-19(4-12-24(18)39)27(41,28(31,32)33)29(34,35)36/h1-2,4-8,10-13,15-16,22,41H,3,9,14H2,(H,38,40)/t22-/m0/s1. The van der Waals surface area contributed by atoms with Gasteiger partial charge in [-0.1, -0.05) is 12.1 Å². The monoisotopic (exact) mass is 657 g/mol. The first-order chi connectivity index (χ1) is 21.0. The van der Waals surface area contributed by atoms with E-state index in [2.05, 4.69) is 10.3 Å². The van der Waals surface area contributed by atoms with E-state index >= 15 is 0 Å². The fraction of sp³-hybridized carbons (Fsp3) is 0.241. The van der Waals surface area contributed by atoms with E-state index in [0.29, 0.717) is 29.1 Å². The number of hydrogen-bond acceptors (Lipinski definition) is 6. The van der Waals surface area contributed by atoms with Crippen LogP contribution in [0.1, 0.15) is 24.0 Å². The molecule has 16 heteroatoms. The number of rotatable bonds is 7. The van der Waals surface area contributed by atoms with Gasteiger partial charge in [0.25, 0.3) is 15.6 Å². The van der Waals surface area contributed by atoms with Crippen molar-refractivity contribution in [3.05, 3.63) is 96.3 Å². The molecule has 1 atom stereocenters. The average Bonchev–Trinajstić information content (AvgIpc) is 3.51. The summed E-state index contributed by atoms with van der Waals surface area (Å²) < 4.78 is 128. The van der Waals surface area contributed by atoms with Crippen molar-refractivity contribution >= 4 is 27.3 Å². The van der Waals surface area contributed by atoms with Crippen molar-refractivity contribution < 1.29 is 53.5 Å². The molecule has 5 rings (SSSR count). The van der Waals surface area contributed by atoms with Gasteiger partial charge in [0, 0.05) is 23.2 Å². The van der Waals surface area contributed by atoms with Gasteiger partial charge in [-0.3, -0.25) is 9.10 Å². The van der Waals surface area contributed by atoms with E-state index in [-0.39, 0.29) is 24.1 Å². The molecule has 45 heavy (non-hydrogen) atoms. The maximum Gasteiger partial charge on any atom is 0.430 e. The van der Waals surface area contributed by atoms with E-state index < -0.39 is 62.6 Å². The van der Waals surface area contributed by atoms with Crippen LogP contribution < -0.4 is 9.62 Å². The normalized spacial score (nSPS) is 15.9. The van der Waals surface area contributed by atoms with Gasteiger partial charge in [-0.2, -0.15) is 26.3 Å². The minimum Gasteiger partial charge on any atom is -0.444 e. The third kappa shape index (κ3) is 5.99. The number of anilines is 2. The molecule has 0 aliphatic carbocycles. The fourth-order valence-electron chi connectivity index (χ4n) is 5.08. The van der Waals surface area contributed by atoms with Crippen molar-refractivity contribution in [1.82, 2.24) is 4.98 Å². The summed E-state index contributed by atoms with van der Waals surface area (Å²) in [6, 6.07) is 10.4. The zero-order valence-electron chi connectivity index (χ0n) is 22.7. The second-order valence-electron chi connectivity index (χ2n) is 10.2. The molecule has 1 aliphatic rings. The molecule has 238 valence electrons. The lowest BCUT2D eigenvalue weighted by atomic mass is 9.87. The molecule has 3 aromatic carbocycles. The number of sulfonamides is 1. The minimum atomic E-state index is -6.15. The summed E-state index contributed by atoms with van der Waals surface area (Å²) in [4.78, 5) is 16.5. The van der Waals surface area contributed by atoms with Gasteiger partial charge in [0.1, 0.15) is 5.82 Å². The molecule has 0 bridgehead atoms. The SMILES string of the molecule is O=C(C[C@@H]1CCc2cc(C(O)(C(F)(F)F)C(F)(F)F)ccc2N1S(=O)(=O)c1ccc(F)cc1)Nc1ccc(-c2cnco2)cc1. The van der Waals surface area contributed by atoms with Crippen LogP contribution in [-0.4, -0.2) is 42.8 Å². The fourth-order valence-corrected chi connectivity index (χ4v) is 6.80. The summed E-state index contributed by atoms with van der Waals surface area (Å²) in [5, 5.41) is 12.5. The van der Waals surface area contributed by atoms with Gasteiger partial charge in [-0.25, -0.2) is 17.8 Å². The molecule has 4 aromatic rings. The Bertz CT molecular complexity index is 1780. The molecule has 0 saturated heterocycles. The Morgan fingerprint density at radius 1 is 0.978 bits per heavy atom. The predicted octanol–water partition coefficient (Wildman–Crippen LogP) is 6.33. The number of carbonyl (C=O) groups is 1. The Balaban J connectivity index is 1.49. The zero-order valence-corrected chi connectivity index (χ0v) is 23.5. The highest BCUT2D eigenvalue weighted by molar-refractivity contribution is 7.92. The number of alkyl halides is 6. The van der Waals surface area contributed by atoms with Gasteiger partial charge in [0.05, 0.1) is 22.8 Å². The summed E-state index contributed by atoms with van der Waals surface area (Å²) in [5.41, 5.74) is -6.32. The Morgan fingerprint density at radius 2 is 1.62 bits per heavy atom. The average molecular weight is 658 g/mol. The third-order valence-electron chi connectivity index (χ3n) is 7.31. The summed E-state index contributed by atoms with van der Waals surface area (Å²) in [5.74, 6) is -0.931. The number of halogens is 7. The highest BCUT2D eigenvalue weighted by Crippen LogP contribution is 2.51. The molecule has 8 nitrogen and oxygen atoms in total. The highest BCUT2D eigenvalue weighted by Gasteiger charge is 2.71. The smallest absolute Gasteiger partial charge is 0.430 e. The maximum absolute atomic E-state index is 13.8. The molecule has 0 fully saturated rings. The number of aryl methyl sites for hydroxylation is 1. The molecular weight excluding hydrogens is 635 g/mol. The Hall–Kier alpha value is -4.44. The second-order valence-corrected chi connectivity index (χ2v) is 12.0. The van der Waals surface area contributed by atoms with Crippen molar-refractivity contribution in [2.24, 2.45) is 0 Å². The number of benzene rings is 3. The molecule has 0 saturated carbocycles. The molecule has 0 spiro atoms. The van der Waals surface area contributed by atoms with E-state index in [0.717, 1.165) is 34.6 Å². The summed E-state index contributed by atoms with van der Waals surface area (Å²) in [6.45, 7) is 0. The van der Waals surface area contributed by atoms with Crippen LogP contribution in [0.5, 0.6) is 0 Å². The highest BCUT2D eigenvalue weighted by atomic mass is 32.2. The van der Waals surface area contributed by atoms with E-state index in [1.54, 1.807) is 24.3 Å². The van der Waals surface area contributed by atoms with Crippen molar-refractivity contribution in [2.75, 3.05) is 9.62 Å². The summed E-state index contributed by atoms with van der Waals surface area (Å²) >= 11 is 0. The topological polar surface area (TPSA) is 113 Å². The predicted molar refractivity (Wildman–Crippen MR) is 146 cm³/mol. The first-order valence-electron chi connectivity index (χ1n) is 13.1. The molecular formula is C29H22F7N3O5S. The van der Waals surface area contributed by atoms with Crippen LogP contribution in [0.3, 0.4) is 0 Å². The van der Waals surface area contributed by atoms with Crippen LogP contribution in [0.25, 0.3) is 11.3 Å². The molecule has 1 amide bonds. The molecule has 2 N–H and O–H groups in total. The van der Waals surface area contributed by atoms with Crippen LogP contribution in [0.4, 0.5) is 42.1 Å². The number of aromatic nitrogens is 1. The summed E-state index contributed by atoms with van der Waals surface area (Å²) in [7, 11) is -4.63. The van der Waals surface area contributed by atoms with E-state index in [4.69, 9.17) is 4.42 Å². The number of nitrogens with zero attached hydrogens (tertiary/aromatic N) is 2. The number of hydrogen-bond donors (Lipinski definition) is 2. The number of carbonyl (C=O) groups excluding carboxylic acids is 1. The van der Waals surface area contributed by atoms with Crippen LogP contribution in [0.15, 0.2) is 88.6 Å². The van der Waals surface area contributed by atoms with E-state index in [9.17, 15) is 49.1 Å². The van der Waals surface area contributed by atoms with Gasteiger partial charge in [0.2, 0.25) is 5.91 Å².